The van der Waals surface area contributed by atoms with Crippen LogP contribution >= 0.6 is 34.8 Å². The molecule has 0 unspecified atom stereocenters. The van der Waals surface area contributed by atoms with E-state index < -0.39 is 0 Å². The molecule has 0 saturated heterocycles. The van der Waals surface area contributed by atoms with Crippen LogP contribution in [0.3, 0.4) is 0 Å². The Labute approximate surface area is 137 Å². The summed E-state index contributed by atoms with van der Waals surface area (Å²) in [6, 6.07) is 9.84. The first-order valence-electron chi connectivity index (χ1n) is 6.20. The molecule has 0 bridgehead atoms. The summed E-state index contributed by atoms with van der Waals surface area (Å²) in [6.45, 7) is 2.36. The summed E-state index contributed by atoms with van der Waals surface area (Å²) < 4.78 is 5.32. The van der Waals surface area contributed by atoms with E-state index in [9.17, 15) is 4.79 Å². The number of rotatable bonds is 4. The first-order valence-corrected chi connectivity index (χ1v) is 7.34. The van der Waals surface area contributed by atoms with E-state index in [-0.39, 0.29) is 5.91 Å². The number of carbonyl (C=O) groups excluding carboxylic acids is 1. The quantitative estimate of drug-likeness (QED) is 0.817. The fourth-order valence-corrected chi connectivity index (χ4v) is 2.29. The van der Waals surface area contributed by atoms with E-state index in [0.29, 0.717) is 38.7 Å². The SMILES string of the molecule is CCOc1ccc(C(=O)Nc2cccc(Cl)c2Cl)cc1Cl. The summed E-state index contributed by atoms with van der Waals surface area (Å²) in [4.78, 5) is 12.2. The molecule has 0 aromatic heterocycles. The average molecular weight is 345 g/mol. The van der Waals surface area contributed by atoms with E-state index in [1.54, 1.807) is 36.4 Å². The van der Waals surface area contributed by atoms with Crippen molar-refractivity contribution in [3.63, 3.8) is 0 Å². The maximum absolute atomic E-state index is 12.2. The van der Waals surface area contributed by atoms with Gasteiger partial charge in [0.15, 0.2) is 0 Å². The molecule has 21 heavy (non-hydrogen) atoms. The van der Waals surface area contributed by atoms with Crippen molar-refractivity contribution in [3.05, 3.63) is 57.0 Å². The van der Waals surface area contributed by atoms with Crippen molar-refractivity contribution >= 4 is 46.4 Å². The molecule has 3 nitrogen and oxygen atoms in total. The largest absolute Gasteiger partial charge is 0.492 e. The topological polar surface area (TPSA) is 38.3 Å². The van der Waals surface area contributed by atoms with Gasteiger partial charge in [0.1, 0.15) is 5.75 Å². The summed E-state index contributed by atoms with van der Waals surface area (Å²) in [5.74, 6) is 0.209. The fraction of sp³-hybridized carbons (Fsp3) is 0.133. The van der Waals surface area contributed by atoms with Crippen molar-refractivity contribution in [2.75, 3.05) is 11.9 Å². The Kier molecular flexibility index (Phi) is 5.34. The highest BCUT2D eigenvalue weighted by atomic mass is 35.5. The average Bonchev–Trinajstić information content (AvgIpc) is 2.46. The molecule has 0 heterocycles. The van der Waals surface area contributed by atoms with Crippen LogP contribution in [0.5, 0.6) is 5.75 Å². The molecule has 0 aliphatic heterocycles. The van der Waals surface area contributed by atoms with Crippen LogP contribution in [0, 0.1) is 0 Å². The van der Waals surface area contributed by atoms with Crippen molar-refractivity contribution < 1.29 is 9.53 Å². The van der Waals surface area contributed by atoms with Crippen LogP contribution in [-0.2, 0) is 0 Å². The third-order valence-corrected chi connectivity index (χ3v) is 3.81. The molecule has 0 atom stereocenters. The molecule has 1 N–H and O–H groups in total. The van der Waals surface area contributed by atoms with Crippen molar-refractivity contribution in [2.45, 2.75) is 6.92 Å². The van der Waals surface area contributed by atoms with Gasteiger partial charge in [-0.2, -0.15) is 0 Å². The van der Waals surface area contributed by atoms with Gasteiger partial charge in [-0.05, 0) is 37.3 Å². The number of hydrogen-bond acceptors (Lipinski definition) is 2. The van der Waals surface area contributed by atoms with Crippen LogP contribution in [0.1, 0.15) is 17.3 Å². The lowest BCUT2D eigenvalue weighted by molar-refractivity contribution is 0.102. The zero-order valence-electron chi connectivity index (χ0n) is 11.1. The third-order valence-electron chi connectivity index (χ3n) is 2.69. The van der Waals surface area contributed by atoms with Gasteiger partial charge in [0.05, 0.1) is 27.4 Å². The molecule has 0 spiro atoms. The second kappa shape index (κ2) is 7.03. The summed E-state index contributed by atoms with van der Waals surface area (Å²) in [5.41, 5.74) is 0.846. The Morgan fingerprint density at radius 3 is 2.57 bits per heavy atom. The molecule has 2 aromatic carbocycles. The highest BCUT2D eigenvalue weighted by Gasteiger charge is 2.12. The van der Waals surface area contributed by atoms with Crippen LogP contribution in [0.2, 0.25) is 15.1 Å². The molecular weight excluding hydrogens is 333 g/mol. The molecule has 0 aliphatic carbocycles. The minimum atomic E-state index is -0.330. The predicted octanol–water partition coefficient (Wildman–Crippen LogP) is 5.30. The molecule has 110 valence electrons. The zero-order chi connectivity index (χ0) is 15.4. The van der Waals surface area contributed by atoms with Crippen molar-refractivity contribution in [1.82, 2.24) is 0 Å². The Hall–Kier alpha value is -1.42. The molecular formula is C15H12Cl3NO2. The number of halogens is 3. The Balaban J connectivity index is 2.21. The van der Waals surface area contributed by atoms with Crippen LogP contribution < -0.4 is 10.1 Å². The second-order valence-electron chi connectivity index (χ2n) is 4.13. The normalized spacial score (nSPS) is 10.3. The second-order valence-corrected chi connectivity index (χ2v) is 5.33. The maximum Gasteiger partial charge on any atom is 0.255 e. The highest BCUT2D eigenvalue weighted by Crippen LogP contribution is 2.30. The van der Waals surface area contributed by atoms with Gasteiger partial charge in [-0.3, -0.25) is 4.79 Å². The number of benzene rings is 2. The Bertz CT molecular complexity index is 674. The third kappa shape index (κ3) is 3.82. The first-order chi connectivity index (χ1) is 10.0. The molecule has 0 radical (unpaired) electrons. The van der Waals surface area contributed by atoms with Crippen molar-refractivity contribution in [3.8, 4) is 5.75 Å². The van der Waals surface area contributed by atoms with Gasteiger partial charge in [0, 0.05) is 5.56 Å². The Morgan fingerprint density at radius 1 is 1.14 bits per heavy atom. The molecule has 0 fully saturated rings. The van der Waals surface area contributed by atoms with E-state index in [2.05, 4.69) is 5.32 Å². The van der Waals surface area contributed by atoms with Crippen LogP contribution in [-0.4, -0.2) is 12.5 Å². The number of hydrogen-bond donors (Lipinski definition) is 1. The van der Waals surface area contributed by atoms with Gasteiger partial charge in [0.2, 0.25) is 0 Å². The standard InChI is InChI=1S/C15H12Cl3NO2/c1-2-21-13-7-6-9(8-11(13)17)15(20)19-12-5-3-4-10(16)14(12)18/h3-8H,2H2,1H3,(H,19,20). The van der Waals surface area contributed by atoms with E-state index in [1.165, 1.54) is 0 Å². The van der Waals surface area contributed by atoms with Gasteiger partial charge >= 0.3 is 0 Å². The van der Waals surface area contributed by atoms with E-state index in [1.807, 2.05) is 6.92 Å². The smallest absolute Gasteiger partial charge is 0.255 e. The Morgan fingerprint density at radius 2 is 1.90 bits per heavy atom. The lowest BCUT2D eigenvalue weighted by atomic mass is 10.2. The molecule has 1 amide bonds. The number of amides is 1. The van der Waals surface area contributed by atoms with Crippen molar-refractivity contribution in [2.24, 2.45) is 0 Å². The summed E-state index contributed by atoms with van der Waals surface area (Å²) in [5, 5.41) is 3.74. The lowest BCUT2D eigenvalue weighted by Crippen LogP contribution is -2.12. The molecule has 0 saturated carbocycles. The molecule has 2 rings (SSSR count). The van der Waals surface area contributed by atoms with Gasteiger partial charge in [-0.25, -0.2) is 0 Å². The fourth-order valence-electron chi connectivity index (χ4n) is 1.71. The highest BCUT2D eigenvalue weighted by molar-refractivity contribution is 6.44. The monoisotopic (exact) mass is 343 g/mol. The van der Waals surface area contributed by atoms with Gasteiger partial charge in [0.25, 0.3) is 5.91 Å². The number of ether oxygens (including phenoxy) is 1. The van der Waals surface area contributed by atoms with Crippen molar-refractivity contribution in [1.29, 1.82) is 0 Å². The van der Waals surface area contributed by atoms with Gasteiger partial charge < -0.3 is 10.1 Å². The van der Waals surface area contributed by atoms with Crippen LogP contribution in [0.4, 0.5) is 5.69 Å². The van der Waals surface area contributed by atoms with Crippen LogP contribution in [0.25, 0.3) is 0 Å². The summed E-state index contributed by atoms with van der Waals surface area (Å²) in [6.07, 6.45) is 0. The van der Waals surface area contributed by atoms with Gasteiger partial charge in [-0.15, -0.1) is 0 Å². The first kappa shape index (κ1) is 16.0. The molecule has 2 aromatic rings. The predicted molar refractivity (Wildman–Crippen MR) is 87.0 cm³/mol. The lowest BCUT2D eigenvalue weighted by Gasteiger charge is -2.10. The zero-order valence-corrected chi connectivity index (χ0v) is 13.4. The van der Waals surface area contributed by atoms with Gasteiger partial charge in [-0.1, -0.05) is 40.9 Å². The minimum Gasteiger partial charge on any atom is -0.492 e. The van der Waals surface area contributed by atoms with Crippen LogP contribution in [0.15, 0.2) is 36.4 Å². The minimum absolute atomic E-state index is 0.296. The summed E-state index contributed by atoms with van der Waals surface area (Å²) >= 11 is 18.0. The summed E-state index contributed by atoms with van der Waals surface area (Å²) in [7, 11) is 0. The number of carbonyl (C=O) groups is 1. The number of anilines is 1. The van der Waals surface area contributed by atoms with E-state index >= 15 is 0 Å². The number of nitrogens with one attached hydrogen (secondary N) is 1. The van der Waals surface area contributed by atoms with E-state index in [4.69, 9.17) is 39.5 Å². The maximum atomic E-state index is 12.2. The molecule has 0 aliphatic rings. The molecule has 6 heteroatoms. The van der Waals surface area contributed by atoms with E-state index in [0.717, 1.165) is 0 Å².